The van der Waals surface area contributed by atoms with Gasteiger partial charge in [-0.3, -0.25) is 9.88 Å². The van der Waals surface area contributed by atoms with Crippen molar-refractivity contribution in [2.75, 3.05) is 23.4 Å². The third-order valence-corrected chi connectivity index (χ3v) is 6.26. The van der Waals surface area contributed by atoms with Gasteiger partial charge >= 0.3 is 6.03 Å². The predicted molar refractivity (Wildman–Crippen MR) is 126 cm³/mol. The molecule has 0 atom stereocenters. The van der Waals surface area contributed by atoms with Crippen molar-refractivity contribution in [2.45, 2.75) is 44.9 Å². The van der Waals surface area contributed by atoms with E-state index in [1.54, 1.807) is 17.3 Å². The lowest BCUT2D eigenvalue weighted by molar-refractivity contribution is 0.256. The van der Waals surface area contributed by atoms with Crippen LogP contribution in [-0.2, 0) is 0 Å². The van der Waals surface area contributed by atoms with Crippen LogP contribution in [0.2, 0.25) is 0 Å². The molecule has 1 aliphatic carbocycles. The summed E-state index contributed by atoms with van der Waals surface area (Å²) in [6.45, 7) is 3.04. The molecule has 6 nitrogen and oxygen atoms in total. The number of amides is 2. The molecule has 32 heavy (non-hydrogen) atoms. The average Bonchev–Trinajstić information content (AvgIpc) is 3.26. The zero-order valence-electron chi connectivity index (χ0n) is 18.4. The van der Waals surface area contributed by atoms with Gasteiger partial charge < -0.3 is 10.1 Å². The van der Waals surface area contributed by atoms with E-state index in [9.17, 15) is 4.79 Å². The van der Waals surface area contributed by atoms with Gasteiger partial charge in [-0.25, -0.2) is 9.78 Å². The molecule has 1 N–H and O–H groups in total. The number of nitrogens with zero attached hydrogens (tertiary/aromatic N) is 3. The molecule has 5 rings (SSSR count). The Labute approximate surface area is 188 Å². The molecule has 1 fully saturated rings. The minimum absolute atomic E-state index is 0.228. The quantitative estimate of drug-likeness (QED) is 0.561. The standard InChI is InChI=1S/C26H28N4O2/c1-18-14-22(17-27-16-18)28-26(31)30-12-5-13-32-24-11-10-23(29-25(24)30)21-9-4-8-20(15-21)19-6-2-3-7-19/h4,8-11,14-17,19H,2-3,5-7,12-13H2,1H3,(H,28,31). The Bertz CT molecular complexity index is 1120. The third kappa shape index (κ3) is 4.31. The number of aryl methyl sites for hydroxylation is 1. The lowest BCUT2D eigenvalue weighted by Gasteiger charge is -2.22. The fraction of sp³-hybridized carbons (Fsp3) is 0.346. The van der Waals surface area contributed by atoms with E-state index in [4.69, 9.17) is 9.72 Å². The maximum atomic E-state index is 13.2. The number of hydrogen-bond donors (Lipinski definition) is 1. The normalized spacial score (nSPS) is 16.2. The monoisotopic (exact) mass is 428 g/mol. The smallest absolute Gasteiger partial charge is 0.327 e. The van der Waals surface area contributed by atoms with E-state index in [-0.39, 0.29) is 6.03 Å². The van der Waals surface area contributed by atoms with E-state index in [0.717, 1.165) is 23.2 Å². The van der Waals surface area contributed by atoms with Gasteiger partial charge in [-0.05, 0) is 67.5 Å². The van der Waals surface area contributed by atoms with E-state index in [0.29, 0.717) is 36.3 Å². The van der Waals surface area contributed by atoms with Crippen molar-refractivity contribution in [3.05, 3.63) is 66.0 Å². The van der Waals surface area contributed by atoms with Crippen molar-refractivity contribution < 1.29 is 9.53 Å². The Kier molecular flexibility index (Phi) is 5.75. The summed E-state index contributed by atoms with van der Waals surface area (Å²) in [5.74, 6) is 1.84. The maximum absolute atomic E-state index is 13.2. The molecule has 3 heterocycles. The number of carbonyl (C=O) groups is 1. The molecule has 1 aromatic carbocycles. The Morgan fingerprint density at radius 2 is 1.97 bits per heavy atom. The van der Waals surface area contributed by atoms with Gasteiger partial charge in [0.25, 0.3) is 0 Å². The second kappa shape index (κ2) is 8.99. The molecule has 3 aromatic rings. The molecule has 1 aliphatic heterocycles. The predicted octanol–water partition coefficient (Wildman–Crippen LogP) is 5.93. The largest absolute Gasteiger partial charge is 0.490 e. The lowest BCUT2D eigenvalue weighted by atomic mass is 9.95. The van der Waals surface area contributed by atoms with Gasteiger partial charge in [-0.1, -0.05) is 31.0 Å². The lowest BCUT2D eigenvalue weighted by Crippen LogP contribution is -2.36. The van der Waals surface area contributed by atoms with Crippen LogP contribution in [0, 0.1) is 6.92 Å². The number of ether oxygens (including phenoxy) is 1. The summed E-state index contributed by atoms with van der Waals surface area (Å²) < 4.78 is 5.90. The Hall–Kier alpha value is -3.41. The fourth-order valence-corrected chi connectivity index (χ4v) is 4.64. The van der Waals surface area contributed by atoms with E-state index < -0.39 is 0 Å². The number of fused-ring (bicyclic) bond motifs is 1. The van der Waals surface area contributed by atoms with E-state index in [1.807, 2.05) is 25.1 Å². The number of aromatic nitrogens is 2. The van der Waals surface area contributed by atoms with Crippen LogP contribution in [0.4, 0.5) is 16.3 Å². The van der Waals surface area contributed by atoms with Gasteiger partial charge in [-0.15, -0.1) is 0 Å². The van der Waals surface area contributed by atoms with Crippen LogP contribution < -0.4 is 15.0 Å². The molecule has 1 saturated carbocycles. The summed E-state index contributed by atoms with van der Waals surface area (Å²) in [5.41, 5.74) is 4.97. The van der Waals surface area contributed by atoms with Crippen LogP contribution in [0.1, 0.15) is 49.1 Å². The van der Waals surface area contributed by atoms with Crippen molar-refractivity contribution in [3.8, 4) is 17.0 Å². The molecule has 2 aromatic heterocycles. The average molecular weight is 429 g/mol. The summed E-state index contributed by atoms with van der Waals surface area (Å²) in [7, 11) is 0. The van der Waals surface area contributed by atoms with Crippen LogP contribution in [0.25, 0.3) is 11.3 Å². The maximum Gasteiger partial charge on any atom is 0.327 e. The van der Waals surface area contributed by atoms with Crippen molar-refractivity contribution in [3.63, 3.8) is 0 Å². The van der Waals surface area contributed by atoms with Crippen molar-refractivity contribution in [1.82, 2.24) is 9.97 Å². The van der Waals surface area contributed by atoms with Crippen molar-refractivity contribution >= 4 is 17.5 Å². The van der Waals surface area contributed by atoms with Crippen LogP contribution in [0.3, 0.4) is 0 Å². The first-order valence-electron chi connectivity index (χ1n) is 11.4. The molecule has 0 unspecified atom stereocenters. The second-order valence-electron chi connectivity index (χ2n) is 8.66. The molecule has 6 heteroatoms. The second-order valence-corrected chi connectivity index (χ2v) is 8.66. The molecule has 2 aliphatic rings. The van der Waals surface area contributed by atoms with Gasteiger partial charge in [0.15, 0.2) is 11.6 Å². The van der Waals surface area contributed by atoms with Gasteiger partial charge in [0.2, 0.25) is 0 Å². The zero-order valence-corrected chi connectivity index (χ0v) is 18.4. The van der Waals surface area contributed by atoms with E-state index >= 15 is 0 Å². The van der Waals surface area contributed by atoms with Gasteiger partial charge in [0.05, 0.1) is 24.2 Å². The number of benzene rings is 1. The number of hydrogen-bond acceptors (Lipinski definition) is 4. The number of urea groups is 1. The fourth-order valence-electron chi connectivity index (χ4n) is 4.64. The first-order chi connectivity index (χ1) is 15.7. The third-order valence-electron chi connectivity index (χ3n) is 6.26. The van der Waals surface area contributed by atoms with Gasteiger partial charge in [0.1, 0.15) is 0 Å². The van der Waals surface area contributed by atoms with Crippen molar-refractivity contribution in [1.29, 1.82) is 0 Å². The molecular formula is C26H28N4O2. The van der Waals surface area contributed by atoms with Crippen LogP contribution in [0.5, 0.6) is 5.75 Å². The number of carbonyl (C=O) groups excluding carboxylic acids is 1. The Balaban J connectivity index is 1.46. The number of nitrogens with one attached hydrogen (secondary N) is 1. The Morgan fingerprint density at radius 3 is 2.81 bits per heavy atom. The van der Waals surface area contributed by atoms with Crippen molar-refractivity contribution in [2.24, 2.45) is 0 Å². The summed E-state index contributed by atoms with van der Waals surface area (Å²) in [5, 5.41) is 2.96. The highest BCUT2D eigenvalue weighted by molar-refractivity contribution is 6.02. The topological polar surface area (TPSA) is 67.4 Å². The van der Waals surface area contributed by atoms with Gasteiger partial charge in [-0.2, -0.15) is 0 Å². The SMILES string of the molecule is Cc1cncc(NC(=O)N2CCCOc3ccc(-c4cccc(C5CCCC5)c4)nc32)c1. The summed E-state index contributed by atoms with van der Waals surface area (Å²) in [6.07, 6.45) is 9.29. The highest BCUT2D eigenvalue weighted by atomic mass is 16.5. The first-order valence-corrected chi connectivity index (χ1v) is 11.4. The summed E-state index contributed by atoms with van der Waals surface area (Å²) in [6, 6.07) is 14.3. The minimum Gasteiger partial charge on any atom is -0.490 e. The van der Waals surface area contributed by atoms with Crippen LogP contribution in [0.15, 0.2) is 54.9 Å². The number of rotatable bonds is 3. The molecular weight excluding hydrogens is 400 g/mol. The minimum atomic E-state index is -0.228. The summed E-state index contributed by atoms with van der Waals surface area (Å²) >= 11 is 0. The highest BCUT2D eigenvalue weighted by Gasteiger charge is 2.25. The molecule has 0 radical (unpaired) electrons. The summed E-state index contributed by atoms with van der Waals surface area (Å²) in [4.78, 5) is 23.9. The van der Waals surface area contributed by atoms with Gasteiger partial charge in [0, 0.05) is 18.3 Å². The van der Waals surface area contributed by atoms with Crippen LogP contribution in [-0.4, -0.2) is 29.2 Å². The zero-order chi connectivity index (χ0) is 21.9. The molecule has 0 bridgehead atoms. The molecule has 0 saturated heterocycles. The first kappa shape index (κ1) is 20.5. The molecule has 164 valence electrons. The number of pyridine rings is 2. The van der Waals surface area contributed by atoms with E-state index in [1.165, 1.54) is 31.2 Å². The molecule has 0 spiro atoms. The Morgan fingerprint density at radius 1 is 1.09 bits per heavy atom. The van der Waals surface area contributed by atoms with E-state index in [2.05, 4.69) is 34.6 Å². The van der Waals surface area contributed by atoms with Crippen LogP contribution >= 0.6 is 0 Å². The molecule has 2 amide bonds. The highest BCUT2D eigenvalue weighted by Crippen LogP contribution is 2.37. The number of anilines is 2.